The molecule has 92 valence electrons. The number of rotatable bonds is 5. The highest BCUT2D eigenvalue weighted by Gasteiger charge is 2.18. The SMILES string of the molecule is CC(C)(C)c1ccc(C(CN)NCCO)s1. The Kier molecular flexibility index (Phi) is 4.92. The van der Waals surface area contributed by atoms with Gasteiger partial charge >= 0.3 is 0 Å². The van der Waals surface area contributed by atoms with E-state index in [1.165, 1.54) is 9.75 Å². The molecule has 1 atom stereocenters. The molecular weight excluding hydrogens is 220 g/mol. The van der Waals surface area contributed by atoms with Crippen LogP contribution in [0.2, 0.25) is 0 Å². The van der Waals surface area contributed by atoms with Crippen LogP contribution in [-0.4, -0.2) is 24.8 Å². The second-order valence-electron chi connectivity index (χ2n) is 4.92. The Morgan fingerprint density at radius 2 is 2.12 bits per heavy atom. The van der Waals surface area contributed by atoms with Gasteiger partial charge in [-0.05, 0) is 17.5 Å². The van der Waals surface area contributed by atoms with Gasteiger partial charge in [-0.15, -0.1) is 11.3 Å². The summed E-state index contributed by atoms with van der Waals surface area (Å²) in [5.74, 6) is 0. The number of hydrogen-bond acceptors (Lipinski definition) is 4. The van der Waals surface area contributed by atoms with Gasteiger partial charge in [0.05, 0.1) is 12.6 Å². The third-order valence-electron chi connectivity index (χ3n) is 2.45. The molecule has 1 aromatic rings. The first-order valence-electron chi connectivity index (χ1n) is 5.63. The third-order valence-corrected chi connectivity index (χ3v) is 4.07. The lowest BCUT2D eigenvalue weighted by Crippen LogP contribution is -2.29. The van der Waals surface area contributed by atoms with Crippen molar-refractivity contribution in [3.05, 3.63) is 21.9 Å². The van der Waals surface area contributed by atoms with Gasteiger partial charge < -0.3 is 16.2 Å². The van der Waals surface area contributed by atoms with Gasteiger partial charge in [0, 0.05) is 22.8 Å². The molecular formula is C12H22N2OS. The van der Waals surface area contributed by atoms with Crippen molar-refractivity contribution in [1.82, 2.24) is 5.32 Å². The summed E-state index contributed by atoms with van der Waals surface area (Å²) in [6.45, 7) is 7.92. The van der Waals surface area contributed by atoms with E-state index in [4.69, 9.17) is 10.8 Å². The maximum Gasteiger partial charge on any atom is 0.0556 e. The molecule has 0 saturated heterocycles. The predicted molar refractivity (Wildman–Crippen MR) is 69.9 cm³/mol. The van der Waals surface area contributed by atoms with Crippen molar-refractivity contribution in [3.63, 3.8) is 0 Å². The second-order valence-corrected chi connectivity index (χ2v) is 6.03. The van der Waals surface area contributed by atoms with Gasteiger partial charge in [-0.3, -0.25) is 0 Å². The molecule has 0 aliphatic rings. The van der Waals surface area contributed by atoms with Gasteiger partial charge in [0.1, 0.15) is 0 Å². The Bertz CT molecular complexity index is 317. The van der Waals surface area contributed by atoms with Crippen LogP contribution in [0.4, 0.5) is 0 Å². The van der Waals surface area contributed by atoms with Crippen LogP contribution >= 0.6 is 11.3 Å². The Morgan fingerprint density at radius 3 is 2.56 bits per heavy atom. The highest BCUT2D eigenvalue weighted by molar-refractivity contribution is 7.12. The topological polar surface area (TPSA) is 58.3 Å². The van der Waals surface area contributed by atoms with Crippen molar-refractivity contribution in [3.8, 4) is 0 Å². The minimum absolute atomic E-state index is 0.147. The molecule has 0 saturated carbocycles. The van der Waals surface area contributed by atoms with Gasteiger partial charge in [0.15, 0.2) is 0 Å². The van der Waals surface area contributed by atoms with E-state index < -0.39 is 0 Å². The summed E-state index contributed by atoms with van der Waals surface area (Å²) in [4.78, 5) is 2.62. The van der Waals surface area contributed by atoms with Gasteiger partial charge in [0.25, 0.3) is 0 Å². The van der Waals surface area contributed by atoms with E-state index in [0.29, 0.717) is 13.1 Å². The summed E-state index contributed by atoms with van der Waals surface area (Å²) in [7, 11) is 0. The van der Waals surface area contributed by atoms with E-state index in [2.05, 4.69) is 38.2 Å². The molecule has 0 bridgehead atoms. The maximum absolute atomic E-state index is 8.79. The standard InChI is InChI=1S/C12H22N2OS/c1-12(2,3)11-5-4-10(16-11)9(8-13)14-6-7-15/h4-5,9,14-15H,6-8,13H2,1-3H3. The van der Waals surface area contributed by atoms with Gasteiger partial charge in [-0.2, -0.15) is 0 Å². The normalized spacial score (nSPS) is 14.1. The Balaban J connectivity index is 2.75. The van der Waals surface area contributed by atoms with Crippen molar-refractivity contribution in [2.24, 2.45) is 5.73 Å². The molecule has 0 aromatic carbocycles. The quantitative estimate of drug-likeness (QED) is 0.735. The zero-order valence-electron chi connectivity index (χ0n) is 10.3. The van der Waals surface area contributed by atoms with Gasteiger partial charge in [-0.25, -0.2) is 0 Å². The van der Waals surface area contributed by atoms with Gasteiger partial charge in [-0.1, -0.05) is 20.8 Å². The molecule has 1 aromatic heterocycles. The highest BCUT2D eigenvalue weighted by atomic mass is 32.1. The minimum Gasteiger partial charge on any atom is -0.395 e. The van der Waals surface area contributed by atoms with E-state index >= 15 is 0 Å². The molecule has 0 fully saturated rings. The van der Waals surface area contributed by atoms with Crippen molar-refractivity contribution in [1.29, 1.82) is 0 Å². The summed E-state index contributed by atoms with van der Waals surface area (Å²) in [5.41, 5.74) is 5.92. The number of hydrogen-bond donors (Lipinski definition) is 3. The fraction of sp³-hybridized carbons (Fsp3) is 0.667. The molecule has 0 spiro atoms. The first kappa shape index (κ1) is 13.6. The molecule has 0 amide bonds. The van der Waals surface area contributed by atoms with E-state index in [9.17, 15) is 0 Å². The monoisotopic (exact) mass is 242 g/mol. The van der Waals surface area contributed by atoms with Gasteiger partial charge in [0.2, 0.25) is 0 Å². The van der Waals surface area contributed by atoms with Crippen LogP contribution in [0.5, 0.6) is 0 Å². The molecule has 3 nitrogen and oxygen atoms in total. The molecule has 0 radical (unpaired) electrons. The lowest BCUT2D eigenvalue weighted by molar-refractivity contribution is 0.285. The molecule has 0 aliphatic carbocycles. The van der Waals surface area contributed by atoms with Crippen molar-refractivity contribution >= 4 is 11.3 Å². The first-order valence-corrected chi connectivity index (χ1v) is 6.45. The fourth-order valence-corrected chi connectivity index (χ4v) is 2.64. The lowest BCUT2D eigenvalue weighted by atomic mass is 9.95. The van der Waals surface area contributed by atoms with Crippen LogP contribution in [0.3, 0.4) is 0 Å². The van der Waals surface area contributed by atoms with Crippen LogP contribution in [0.1, 0.15) is 36.6 Å². The average Bonchev–Trinajstić information content (AvgIpc) is 2.68. The number of thiophene rings is 1. The smallest absolute Gasteiger partial charge is 0.0556 e. The van der Waals surface area contributed by atoms with Crippen LogP contribution in [0, 0.1) is 0 Å². The summed E-state index contributed by atoms with van der Waals surface area (Å²) in [5, 5.41) is 12.0. The average molecular weight is 242 g/mol. The van der Waals surface area contributed by atoms with Crippen LogP contribution < -0.4 is 11.1 Å². The Morgan fingerprint density at radius 1 is 1.44 bits per heavy atom. The molecule has 4 N–H and O–H groups in total. The Labute approximate surface area is 102 Å². The molecule has 4 heteroatoms. The van der Waals surface area contributed by atoms with Crippen LogP contribution in [0.15, 0.2) is 12.1 Å². The van der Waals surface area contributed by atoms with Crippen molar-refractivity contribution in [2.75, 3.05) is 19.7 Å². The molecule has 1 heterocycles. The number of nitrogens with two attached hydrogens (primary N) is 1. The van der Waals surface area contributed by atoms with E-state index in [1.54, 1.807) is 11.3 Å². The summed E-state index contributed by atoms with van der Waals surface area (Å²) in [6, 6.07) is 4.46. The minimum atomic E-state index is 0.147. The van der Waals surface area contributed by atoms with E-state index in [-0.39, 0.29) is 18.1 Å². The first-order chi connectivity index (χ1) is 7.49. The number of aliphatic hydroxyl groups is 1. The van der Waals surface area contributed by atoms with Crippen LogP contribution in [-0.2, 0) is 5.41 Å². The summed E-state index contributed by atoms with van der Waals surface area (Å²) >= 11 is 1.80. The zero-order valence-corrected chi connectivity index (χ0v) is 11.1. The van der Waals surface area contributed by atoms with Crippen molar-refractivity contribution < 1.29 is 5.11 Å². The number of aliphatic hydroxyl groups excluding tert-OH is 1. The lowest BCUT2D eigenvalue weighted by Gasteiger charge is -2.17. The second kappa shape index (κ2) is 5.77. The fourth-order valence-electron chi connectivity index (χ4n) is 1.48. The van der Waals surface area contributed by atoms with Crippen molar-refractivity contribution in [2.45, 2.75) is 32.2 Å². The zero-order chi connectivity index (χ0) is 12.2. The molecule has 16 heavy (non-hydrogen) atoms. The molecule has 1 unspecified atom stereocenters. The summed E-state index contributed by atoms with van der Waals surface area (Å²) < 4.78 is 0. The van der Waals surface area contributed by atoms with E-state index in [1.807, 2.05) is 0 Å². The number of nitrogens with one attached hydrogen (secondary N) is 1. The predicted octanol–water partition coefficient (Wildman–Crippen LogP) is 1.63. The van der Waals surface area contributed by atoms with E-state index in [0.717, 1.165) is 0 Å². The third kappa shape index (κ3) is 3.56. The Hall–Kier alpha value is -0.420. The van der Waals surface area contributed by atoms with Crippen LogP contribution in [0.25, 0.3) is 0 Å². The summed E-state index contributed by atoms with van der Waals surface area (Å²) in [6.07, 6.45) is 0. The highest BCUT2D eigenvalue weighted by Crippen LogP contribution is 2.31. The molecule has 0 aliphatic heterocycles. The maximum atomic E-state index is 8.79. The largest absolute Gasteiger partial charge is 0.395 e. The molecule has 1 rings (SSSR count).